The lowest BCUT2D eigenvalue weighted by Crippen LogP contribution is -2.40. The fourth-order valence-corrected chi connectivity index (χ4v) is 5.59. The number of nitrogens with zero attached hydrogens (tertiary/aromatic N) is 6. The van der Waals surface area contributed by atoms with Gasteiger partial charge < -0.3 is 24.1 Å². The van der Waals surface area contributed by atoms with Crippen molar-refractivity contribution >= 4 is 28.2 Å². The summed E-state index contributed by atoms with van der Waals surface area (Å²) in [4.78, 5) is 45.1. The SMILES string of the molecule is COc1cnc(OC)c(C(=C2CCN(C(=O)C(=O)c3c[nH]c4c(-n5cnc(C)n5)ncc(OC)c34)CC2)c2ccccc2)c1. The van der Waals surface area contributed by atoms with Crippen molar-refractivity contribution in [2.24, 2.45) is 0 Å². The molecule has 0 unspecified atom stereocenters. The number of fused-ring (bicyclic) bond motifs is 1. The lowest BCUT2D eigenvalue weighted by atomic mass is 9.88. The van der Waals surface area contributed by atoms with Crippen LogP contribution in [-0.2, 0) is 4.79 Å². The van der Waals surface area contributed by atoms with Gasteiger partial charge in [-0.1, -0.05) is 35.9 Å². The van der Waals surface area contributed by atoms with Gasteiger partial charge >= 0.3 is 0 Å². The van der Waals surface area contributed by atoms with Crippen LogP contribution < -0.4 is 14.2 Å². The van der Waals surface area contributed by atoms with Crippen LogP contribution in [0.25, 0.3) is 22.3 Å². The van der Waals surface area contributed by atoms with Crippen LogP contribution >= 0.6 is 0 Å². The Bertz CT molecular complexity index is 1880. The average Bonchev–Trinajstić information content (AvgIpc) is 3.71. The molecule has 1 N–H and O–H groups in total. The summed E-state index contributed by atoms with van der Waals surface area (Å²) in [7, 11) is 4.68. The van der Waals surface area contributed by atoms with E-state index < -0.39 is 11.7 Å². The average molecular weight is 594 g/mol. The first kappa shape index (κ1) is 28.6. The number of hydrogen-bond donors (Lipinski definition) is 1. The number of aromatic nitrogens is 6. The van der Waals surface area contributed by atoms with Crippen molar-refractivity contribution in [1.29, 1.82) is 0 Å². The van der Waals surface area contributed by atoms with Gasteiger partial charge in [-0.25, -0.2) is 19.6 Å². The molecule has 1 amide bonds. The molecule has 4 aromatic heterocycles. The molecular weight excluding hydrogens is 562 g/mol. The van der Waals surface area contributed by atoms with E-state index in [0.29, 0.717) is 65.9 Å². The summed E-state index contributed by atoms with van der Waals surface area (Å²) < 4.78 is 18.1. The highest BCUT2D eigenvalue weighted by Crippen LogP contribution is 2.38. The Hall–Kier alpha value is -5.52. The molecule has 1 aliphatic rings. The Kier molecular flexibility index (Phi) is 7.80. The van der Waals surface area contributed by atoms with Gasteiger partial charge in [-0.15, -0.1) is 0 Å². The fourth-order valence-electron chi connectivity index (χ4n) is 5.59. The van der Waals surface area contributed by atoms with E-state index in [1.807, 2.05) is 36.4 Å². The van der Waals surface area contributed by atoms with Crippen molar-refractivity contribution in [2.45, 2.75) is 19.8 Å². The molecule has 44 heavy (non-hydrogen) atoms. The summed E-state index contributed by atoms with van der Waals surface area (Å²) in [5, 5.41) is 4.80. The number of piperidine rings is 1. The van der Waals surface area contributed by atoms with Crippen molar-refractivity contribution in [1.82, 2.24) is 34.6 Å². The number of benzene rings is 1. The minimum absolute atomic E-state index is 0.209. The molecule has 12 heteroatoms. The van der Waals surface area contributed by atoms with Gasteiger partial charge in [0.25, 0.3) is 11.7 Å². The number of rotatable bonds is 8. The zero-order valence-corrected chi connectivity index (χ0v) is 24.8. The quantitative estimate of drug-likeness (QED) is 0.207. The molecule has 0 atom stereocenters. The molecule has 12 nitrogen and oxygen atoms in total. The minimum Gasteiger partial charge on any atom is -0.495 e. The summed E-state index contributed by atoms with van der Waals surface area (Å²) in [5.74, 6) is 1.27. The predicted molar refractivity (Wildman–Crippen MR) is 162 cm³/mol. The third-order valence-corrected chi connectivity index (χ3v) is 7.73. The lowest BCUT2D eigenvalue weighted by molar-refractivity contribution is -0.126. The van der Waals surface area contributed by atoms with Crippen molar-refractivity contribution in [3.05, 3.63) is 89.4 Å². The van der Waals surface area contributed by atoms with Gasteiger partial charge in [-0.3, -0.25) is 9.59 Å². The van der Waals surface area contributed by atoms with Gasteiger partial charge in [0.1, 0.15) is 23.7 Å². The topological polar surface area (TPSA) is 137 Å². The molecule has 0 aliphatic carbocycles. The van der Waals surface area contributed by atoms with Crippen LogP contribution in [0.3, 0.4) is 0 Å². The Morgan fingerprint density at radius 1 is 0.909 bits per heavy atom. The highest BCUT2D eigenvalue weighted by Gasteiger charge is 2.31. The predicted octanol–water partition coefficient (Wildman–Crippen LogP) is 4.18. The van der Waals surface area contributed by atoms with E-state index in [-0.39, 0.29) is 5.56 Å². The second-order valence-electron chi connectivity index (χ2n) is 10.2. The number of aryl methyl sites for hydroxylation is 1. The van der Waals surface area contributed by atoms with Gasteiger partial charge in [0.2, 0.25) is 5.88 Å². The zero-order valence-electron chi connectivity index (χ0n) is 24.8. The molecule has 0 saturated carbocycles. The first-order valence-electron chi connectivity index (χ1n) is 14.1. The Labute approximate surface area is 253 Å². The number of carbonyl (C=O) groups is 2. The van der Waals surface area contributed by atoms with E-state index in [1.165, 1.54) is 30.5 Å². The van der Waals surface area contributed by atoms with Gasteiger partial charge in [-0.2, -0.15) is 5.10 Å². The first-order valence-corrected chi connectivity index (χ1v) is 14.1. The number of ether oxygens (including phenoxy) is 3. The van der Waals surface area contributed by atoms with Crippen molar-refractivity contribution < 1.29 is 23.8 Å². The molecule has 5 heterocycles. The molecule has 1 aromatic carbocycles. The van der Waals surface area contributed by atoms with Crippen molar-refractivity contribution in [2.75, 3.05) is 34.4 Å². The summed E-state index contributed by atoms with van der Waals surface area (Å²) in [5.41, 5.74) is 4.65. The number of Topliss-reactive ketones (excluding diaryl/α,β-unsaturated/α-hetero) is 1. The van der Waals surface area contributed by atoms with Gasteiger partial charge in [0, 0.05) is 24.8 Å². The van der Waals surface area contributed by atoms with E-state index >= 15 is 0 Å². The van der Waals surface area contributed by atoms with Crippen LogP contribution in [0.5, 0.6) is 17.4 Å². The van der Waals surface area contributed by atoms with Crippen LogP contribution in [0.4, 0.5) is 0 Å². The first-order chi connectivity index (χ1) is 21.4. The lowest BCUT2D eigenvalue weighted by Gasteiger charge is -2.30. The maximum Gasteiger partial charge on any atom is 0.295 e. The van der Waals surface area contributed by atoms with E-state index in [4.69, 9.17) is 14.2 Å². The molecule has 6 rings (SSSR count). The van der Waals surface area contributed by atoms with Crippen LogP contribution in [0.1, 0.15) is 40.2 Å². The highest BCUT2D eigenvalue weighted by atomic mass is 16.5. The third-order valence-electron chi connectivity index (χ3n) is 7.73. The second kappa shape index (κ2) is 12.0. The molecule has 224 valence electrons. The zero-order chi connectivity index (χ0) is 30.8. The number of H-pyrrole nitrogens is 1. The molecule has 1 fully saturated rings. The summed E-state index contributed by atoms with van der Waals surface area (Å²) in [6.45, 7) is 2.52. The standard InChI is InChI=1S/C32H31N7O5/c1-19-36-18-39(37-19)30-28-27(25(43-3)17-34-30)24(16-33-28)29(40)32(41)38-12-10-21(11-13-38)26(20-8-6-5-7-9-20)23-14-22(42-2)15-35-31(23)44-4/h5-9,14-18,33H,10-13H2,1-4H3. The molecule has 1 saturated heterocycles. The van der Waals surface area contributed by atoms with Crippen LogP contribution in [0.2, 0.25) is 0 Å². The number of pyridine rings is 2. The summed E-state index contributed by atoms with van der Waals surface area (Å²) in [6, 6.07) is 11.9. The summed E-state index contributed by atoms with van der Waals surface area (Å²) >= 11 is 0. The monoisotopic (exact) mass is 593 g/mol. The molecule has 0 spiro atoms. The largest absolute Gasteiger partial charge is 0.495 e. The maximum absolute atomic E-state index is 13.7. The third kappa shape index (κ3) is 5.14. The Balaban J connectivity index is 1.31. The number of amides is 1. The Morgan fingerprint density at radius 3 is 2.34 bits per heavy atom. The number of nitrogens with one attached hydrogen (secondary N) is 1. The van der Waals surface area contributed by atoms with E-state index in [9.17, 15) is 9.59 Å². The van der Waals surface area contributed by atoms with Crippen molar-refractivity contribution in [3.8, 4) is 23.2 Å². The van der Waals surface area contributed by atoms with Gasteiger partial charge in [0.15, 0.2) is 5.82 Å². The van der Waals surface area contributed by atoms with Crippen molar-refractivity contribution in [3.63, 3.8) is 0 Å². The van der Waals surface area contributed by atoms with Crippen LogP contribution in [-0.4, -0.2) is 80.7 Å². The number of likely N-dealkylation sites (tertiary alicyclic amines) is 1. The smallest absolute Gasteiger partial charge is 0.295 e. The Morgan fingerprint density at radius 2 is 1.68 bits per heavy atom. The number of ketones is 1. The van der Waals surface area contributed by atoms with Gasteiger partial charge in [0.05, 0.1) is 50.2 Å². The fraction of sp³-hybridized carbons (Fsp3) is 0.250. The van der Waals surface area contributed by atoms with Crippen LogP contribution in [0.15, 0.2) is 66.9 Å². The molecule has 5 aromatic rings. The van der Waals surface area contributed by atoms with E-state index in [1.54, 1.807) is 32.2 Å². The molecule has 0 radical (unpaired) electrons. The molecular formula is C32H31N7O5. The number of carbonyl (C=O) groups excluding carboxylic acids is 2. The van der Waals surface area contributed by atoms with E-state index in [0.717, 1.165) is 22.3 Å². The maximum atomic E-state index is 13.7. The highest BCUT2D eigenvalue weighted by molar-refractivity contribution is 6.45. The van der Waals surface area contributed by atoms with Gasteiger partial charge in [-0.05, 0) is 37.0 Å². The number of methoxy groups -OCH3 is 3. The minimum atomic E-state index is -0.629. The number of hydrogen-bond acceptors (Lipinski definition) is 9. The second-order valence-corrected chi connectivity index (χ2v) is 10.2. The van der Waals surface area contributed by atoms with Crippen LogP contribution in [0, 0.1) is 6.92 Å². The summed E-state index contributed by atoms with van der Waals surface area (Å²) in [6.07, 6.45) is 7.33. The molecule has 1 aliphatic heterocycles. The molecule has 0 bridgehead atoms. The number of aromatic amines is 1. The normalized spacial score (nSPS) is 13.2. The van der Waals surface area contributed by atoms with E-state index in [2.05, 4.69) is 25.0 Å².